The van der Waals surface area contributed by atoms with Crippen LogP contribution in [0, 0.1) is 0 Å². The van der Waals surface area contributed by atoms with Gasteiger partial charge in [-0.1, -0.05) is 18.2 Å². The zero-order valence-corrected chi connectivity index (χ0v) is 11.1. The third kappa shape index (κ3) is 3.53. The van der Waals surface area contributed by atoms with E-state index in [0.717, 1.165) is 19.2 Å². The molecule has 0 spiro atoms. The first-order valence-corrected chi connectivity index (χ1v) is 6.03. The first-order chi connectivity index (χ1) is 9.91. The van der Waals surface area contributed by atoms with Gasteiger partial charge in [-0.15, -0.1) is 0 Å². The lowest BCUT2D eigenvalue weighted by Gasteiger charge is -2.14. The van der Waals surface area contributed by atoms with Gasteiger partial charge >= 0.3 is 12.1 Å². The molecule has 0 amide bonds. The normalized spacial score (nSPS) is 11.0. The van der Waals surface area contributed by atoms with Crippen molar-refractivity contribution < 1.29 is 22.7 Å². The van der Waals surface area contributed by atoms with Crippen LogP contribution < -0.4 is 5.32 Å². The third-order valence-electron chi connectivity index (χ3n) is 2.79. The van der Waals surface area contributed by atoms with Crippen molar-refractivity contribution in [3.63, 3.8) is 0 Å². The van der Waals surface area contributed by atoms with E-state index in [0.29, 0.717) is 5.69 Å². The van der Waals surface area contributed by atoms with Crippen molar-refractivity contribution >= 4 is 17.3 Å². The number of esters is 1. The molecule has 2 rings (SSSR count). The minimum absolute atomic E-state index is 0.237. The minimum Gasteiger partial charge on any atom is -0.465 e. The van der Waals surface area contributed by atoms with Gasteiger partial charge in [0.2, 0.25) is 0 Å². The van der Waals surface area contributed by atoms with Crippen molar-refractivity contribution in [2.45, 2.75) is 6.18 Å². The lowest BCUT2D eigenvalue weighted by Crippen LogP contribution is -2.14. The number of carbonyl (C=O) groups is 1. The van der Waals surface area contributed by atoms with Crippen LogP contribution in [-0.4, -0.2) is 13.1 Å². The molecule has 0 saturated carbocycles. The minimum atomic E-state index is -4.64. The molecule has 21 heavy (non-hydrogen) atoms. The van der Waals surface area contributed by atoms with Gasteiger partial charge in [0, 0.05) is 11.4 Å². The molecular formula is C15H12F3NO2. The van der Waals surface area contributed by atoms with E-state index in [1.165, 1.54) is 6.07 Å². The second kappa shape index (κ2) is 5.87. The Labute approximate surface area is 119 Å². The van der Waals surface area contributed by atoms with Gasteiger partial charge in [0.1, 0.15) is 0 Å². The van der Waals surface area contributed by atoms with Gasteiger partial charge in [0.25, 0.3) is 0 Å². The summed E-state index contributed by atoms with van der Waals surface area (Å²) in [5, 5.41) is 2.85. The number of hydrogen-bond donors (Lipinski definition) is 1. The van der Waals surface area contributed by atoms with Gasteiger partial charge in [-0.2, -0.15) is 13.2 Å². The summed E-state index contributed by atoms with van der Waals surface area (Å²) in [6, 6.07) is 12.1. The fourth-order valence-electron chi connectivity index (χ4n) is 1.83. The van der Waals surface area contributed by atoms with Gasteiger partial charge in [0.15, 0.2) is 0 Å². The second-order valence-electron chi connectivity index (χ2n) is 4.24. The number of rotatable bonds is 3. The first-order valence-electron chi connectivity index (χ1n) is 6.03. The number of methoxy groups -OCH3 is 1. The van der Waals surface area contributed by atoms with Crippen LogP contribution in [0.4, 0.5) is 24.5 Å². The smallest absolute Gasteiger partial charge is 0.417 e. The van der Waals surface area contributed by atoms with Crippen LogP contribution in [0.5, 0.6) is 0 Å². The highest BCUT2D eigenvalue weighted by Gasteiger charge is 2.35. The summed E-state index contributed by atoms with van der Waals surface area (Å²) in [7, 11) is 1.04. The number of alkyl halides is 3. The Morgan fingerprint density at radius 2 is 1.71 bits per heavy atom. The predicted molar refractivity (Wildman–Crippen MR) is 72.5 cm³/mol. The van der Waals surface area contributed by atoms with E-state index in [1.54, 1.807) is 30.3 Å². The van der Waals surface area contributed by atoms with Crippen molar-refractivity contribution in [3.05, 3.63) is 59.7 Å². The maximum Gasteiger partial charge on any atom is 0.417 e. The number of halogens is 3. The summed E-state index contributed by atoms with van der Waals surface area (Å²) in [6.07, 6.45) is -4.64. The maximum atomic E-state index is 13.0. The molecule has 0 unspecified atom stereocenters. The number of para-hydroxylation sites is 1. The highest BCUT2D eigenvalue weighted by Crippen LogP contribution is 2.34. The second-order valence-corrected chi connectivity index (χ2v) is 4.24. The Kier molecular flexibility index (Phi) is 4.16. The molecule has 0 aliphatic rings. The Bertz CT molecular complexity index is 639. The van der Waals surface area contributed by atoms with Crippen molar-refractivity contribution in [2.24, 2.45) is 0 Å². The van der Waals surface area contributed by atoms with Crippen LogP contribution in [0.15, 0.2) is 48.5 Å². The van der Waals surface area contributed by atoms with Gasteiger partial charge in [-0.05, 0) is 30.3 Å². The number of benzene rings is 2. The highest BCUT2D eigenvalue weighted by molar-refractivity contribution is 5.92. The fraction of sp³-hybridized carbons (Fsp3) is 0.133. The topological polar surface area (TPSA) is 38.3 Å². The number of ether oxygens (including phenoxy) is 1. The summed E-state index contributed by atoms with van der Waals surface area (Å²) in [5.41, 5.74) is -0.656. The standard InChI is InChI=1S/C15H12F3NO2/c1-21-14(20)12-8-7-11(9-13(12)15(16,17)18)19-10-5-3-2-4-6-10/h2-9,19H,1H3. The maximum absolute atomic E-state index is 13.0. The molecule has 0 bridgehead atoms. The Hall–Kier alpha value is -2.50. The highest BCUT2D eigenvalue weighted by atomic mass is 19.4. The van der Waals surface area contributed by atoms with Crippen LogP contribution >= 0.6 is 0 Å². The van der Waals surface area contributed by atoms with E-state index in [1.807, 2.05) is 0 Å². The van der Waals surface area contributed by atoms with Crippen LogP contribution in [0.25, 0.3) is 0 Å². The zero-order chi connectivity index (χ0) is 15.5. The van der Waals surface area contributed by atoms with E-state index < -0.39 is 23.3 Å². The molecule has 0 fully saturated rings. The number of nitrogens with one attached hydrogen (secondary N) is 1. The van der Waals surface area contributed by atoms with Crippen molar-refractivity contribution in [3.8, 4) is 0 Å². The summed E-state index contributed by atoms with van der Waals surface area (Å²) < 4.78 is 43.5. The third-order valence-corrected chi connectivity index (χ3v) is 2.79. The molecule has 2 aromatic carbocycles. The van der Waals surface area contributed by atoms with Gasteiger partial charge < -0.3 is 10.1 Å². The first kappa shape index (κ1) is 14.9. The van der Waals surface area contributed by atoms with E-state index in [2.05, 4.69) is 10.1 Å². The van der Waals surface area contributed by atoms with Crippen LogP contribution in [0.3, 0.4) is 0 Å². The fourth-order valence-corrected chi connectivity index (χ4v) is 1.83. The molecule has 2 aromatic rings. The summed E-state index contributed by atoms with van der Waals surface area (Å²) in [5.74, 6) is -1.02. The molecule has 0 atom stereocenters. The van der Waals surface area contributed by atoms with Crippen LogP contribution in [-0.2, 0) is 10.9 Å². The monoisotopic (exact) mass is 295 g/mol. The number of hydrogen-bond acceptors (Lipinski definition) is 3. The molecule has 110 valence electrons. The van der Waals surface area contributed by atoms with Crippen molar-refractivity contribution in [1.82, 2.24) is 0 Å². The molecule has 6 heteroatoms. The molecular weight excluding hydrogens is 283 g/mol. The molecule has 0 saturated heterocycles. The number of anilines is 2. The van der Waals surface area contributed by atoms with E-state index >= 15 is 0 Å². The molecule has 0 aromatic heterocycles. The zero-order valence-electron chi connectivity index (χ0n) is 11.1. The SMILES string of the molecule is COC(=O)c1ccc(Nc2ccccc2)cc1C(F)(F)F. The van der Waals surface area contributed by atoms with Crippen LogP contribution in [0.2, 0.25) is 0 Å². The molecule has 3 nitrogen and oxygen atoms in total. The van der Waals surface area contributed by atoms with E-state index in [9.17, 15) is 18.0 Å². The van der Waals surface area contributed by atoms with Gasteiger partial charge in [-0.25, -0.2) is 4.79 Å². The molecule has 0 aliphatic heterocycles. The summed E-state index contributed by atoms with van der Waals surface area (Å²) in [4.78, 5) is 11.4. The Morgan fingerprint density at radius 1 is 1.05 bits per heavy atom. The van der Waals surface area contributed by atoms with Gasteiger partial charge in [-0.3, -0.25) is 0 Å². The molecule has 0 radical (unpaired) electrons. The Balaban J connectivity index is 2.40. The lowest BCUT2D eigenvalue weighted by molar-refractivity contribution is -0.138. The molecule has 0 aliphatic carbocycles. The van der Waals surface area contributed by atoms with Crippen LogP contribution in [0.1, 0.15) is 15.9 Å². The summed E-state index contributed by atoms with van der Waals surface area (Å²) in [6.45, 7) is 0. The molecule has 1 N–H and O–H groups in total. The van der Waals surface area contributed by atoms with E-state index in [4.69, 9.17) is 0 Å². The van der Waals surface area contributed by atoms with E-state index in [-0.39, 0.29) is 5.69 Å². The number of carbonyl (C=O) groups excluding carboxylic acids is 1. The quantitative estimate of drug-likeness (QED) is 0.861. The largest absolute Gasteiger partial charge is 0.465 e. The average molecular weight is 295 g/mol. The summed E-state index contributed by atoms with van der Waals surface area (Å²) >= 11 is 0. The van der Waals surface area contributed by atoms with Crippen molar-refractivity contribution in [1.29, 1.82) is 0 Å². The molecule has 0 heterocycles. The lowest BCUT2D eigenvalue weighted by atomic mass is 10.1. The van der Waals surface area contributed by atoms with Crippen molar-refractivity contribution in [2.75, 3.05) is 12.4 Å². The van der Waals surface area contributed by atoms with Gasteiger partial charge in [0.05, 0.1) is 18.2 Å². The Morgan fingerprint density at radius 3 is 2.29 bits per heavy atom. The average Bonchev–Trinajstić information content (AvgIpc) is 2.46. The predicted octanol–water partition coefficient (Wildman–Crippen LogP) is 4.24.